The van der Waals surface area contributed by atoms with Gasteiger partial charge in [0.15, 0.2) is 0 Å². The van der Waals surface area contributed by atoms with Crippen LogP contribution in [0.4, 0.5) is 0 Å². The number of hydrogen-bond acceptors (Lipinski definition) is 3. The third-order valence-corrected chi connectivity index (χ3v) is 5.40. The van der Waals surface area contributed by atoms with Crippen LogP contribution in [-0.2, 0) is 9.53 Å². The van der Waals surface area contributed by atoms with Crippen molar-refractivity contribution in [3.05, 3.63) is 58.7 Å². The van der Waals surface area contributed by atoms with E-state index in [4.69, 9.17) is 4.74 Å². The van der Waals surface area contributed by atoms with E-state index in [1.807, 2.05) is 18.2 Å². The Morgan fingerprint density at radius 3 is 2.96 bits per heavy atom. The van der Waals surface area contributed by atoms with Crippen molar-refractivity contribution in [2.24, 2.45) is 0 Å². The lowest BCUT2D eigenvalue weighted by Gasteiger charge is -2.37. The average Bonchev–Trinajstić information content (AvgIpc) is 2.96. The van der Waals surface area contributed by atoms with E-state index in [1.165, 1.54) is 0 Å². The molecule has 1 spiro atoms. The Morgan fingerprint density at radius 1 is 1.20 bits per heavy atom. The summed E-state index contributed by atoms with van der Waals surface area (Å²) in [6.45, 7) is 3.07. The molecule has 25 heavy (non-hydrogen) atoms. The minimum Gasteiger partial charge on any atom is -0.451 e. The molecule has 2 heterocycles. The fourth-order valence-electron chi connectivity index (χ4n) is 4.08. The Morgan fingerprint density at radius 2 is 2.08 bits per heavy atom. The molecule has 3 nitrogen and oxygen atoms in total. The van der Waals surface area contributed by atoms with Crippen molar-refractivity contribution in [1.29, 1.82) is 0 Å². The zero-order valence-corrected chi connectivity index (χ0v) is 14.6. The second-order valence-electron chi connectivity index (χ2n) is 7.19. The van der Waals surface area contributed by atoms with Crippen LogP contribution in [0.1, 0.15) is 43.2 Å². The number of hydrogen-bond donors (Lipinski definition) is 1. The Balaban J connectivity index is 1.74. The van der Waals surface area contributed by atoms with Crippen molar-refractivity contribution in [2.45, 2.75) is 50.7 Å². The van der Waals surface area contributed by atoms with Crippen molar-refractivity contribution in [2.75, 3.05) is 6.54 Å². The van der Waals surface area contributed by atoms with Crippen LogP contribution in [0.15, 0.2) is 47.6 Å². The van der Waals surface area contributed by atoms with Crippen LogP contribution in [-0.4, -0.2) is 24.2 Å². The van der Waals surface area contributed by atoms with Crippen LogP contribution in [0.25, 0.3) is 0 Å². The second-order valence-corrected chi connectivity index (χ2v) is 7.19. The molecule has 4 rings (SSSR count). The summed E-state index contributed by atoms with van der Waals surface area (Å²) in [5.74, 6) is 6.40. The molecule has 1 saturated heterocycles. The van der Waals surface area contributed by atoms with E-state index in [9.17, 15) is 4.79 Å². The Kier molecular flexibility index (Phi) is 4.23. The van der Waals surface area contributed by atoms with Gasteiger partial charge < -0.3 is 10.1 Å². The molecule has 128 valence electrons. The van der Waals surface area contributed by atoms with Crippen LogP contribution in [0.5, 0.6) is 0 Å². The summed E-state index contributed by atoms with van der Waals surface area (Å²) in [6.07, 6.45) is 8.97. The molecule has 3 aliphatic rings. The summed E-state index contributed by atoms with van der Waals surface area (Å²) >= 11 is 0. The molecule has 2 aliphatic heterocycles. The average molecular weight is 333 g/mol. The number of rotatable bonds is 0. The first-order chi connectivity index (χ1) is 12.2. The van der Waals surface area contributed by atoms with Gasteiger partial charge in [-0.25, -0.2) is 4.79 Å². The summed E-state index contributed by atoms with van der Waals surface area (Å²) in [4.78, 5) is 12.1. The maximum absolute atomic E-state index is 12.1. The van der Waals surface area contributed by atoms with E-state index in [0.717, 1.165) is 60.9 Å². The first kappa shape index (κ1) is 16.2. The summed E-state index contributed by atoms with van der Waals surface area (Å²) in [5, 5.41) is 3.59. The first-order valence-electron chi connectivity index (χ1n) is 9.15. The molecule has 0 aromatic heterocycles. The molecule has 2 atom stereocenters. The lowest BCUT2D eigenvalue weighted by Crippen LogP contribution is -2.44. The molecule has 1 aliphatic carbocycles. The Hall–Kier alpha value is -2.31. The summed E-state index contributed by atoms with van der Waals surface area (Å²) in [7, 11) is 0. The van der Waals surface area contributed by atoms with Gasteiger partial charge in [-0.05, 0) is 44.4 Å². The number of benzene rings is 1. The van der Waals surface area contributed by atoms with Crippen LogP contribution in [0, 0.1) is 18.8 Å². The van der Waals surface area contributed by atoms with E-state index in [2.05, 4.69) is 36.2 Å². The number of carbonyl (C=O) groups is 1. The quantitative estimate of drug-likeness (QED) is 0.584. The number of carbonyl (C=O) groups excluding carboxylic acids is 1. The van der Waals surface area contributed by atoms with Gasteiger partial charge in [-0.3, -0.25) is 0 Å². The number of esters is 1. The molecule has 2 unspecified atom stereocenters. The minimum absolute atomic E-state index is 0.210. The lowest BCUT2D eigenvalue weighted by atomic mass is 9.75. The molecule has 3 heteroatoms. The first-order valence-corrected chi connectivity index (χ1v) is 9.15. The van der Waals surface area contributed by atoms with Gasteiger partial charge in [0.05, 0.1) is 0 Å². The van der Waals surface area contributed by atoms with Crippen LogP contribution in [0.3, 0.4) is 0 Å². The molecule has 1 fully saturated rings. The third kappa shape index (κ3) is 3.15. The highest BCUT2D eigenvalue weighted by Gasteiger charge is 2.47. The predicted molar refractivity (Wildman–Crippen MR) is 97.9 cm³/mol. The number of nitrogens with one attached hydrogen (secondary N) is 1. The lowest BCUT2D eigenvalue weighted by molar-refractivity contribution is -0.147. The van der Waals surface area contributed by atoms with E-state index in [1.54, 1.807) is 6.08 Å². The van der Waals surface area contributed by atoms with Gasteiger partial charge in [0, 0.05) is 35.2 Å². The zero-order chi connectivity index (χ0) is 17.3. The number of aryl methyl sites for hydroxylation is 1. The van der Waals surface area contributed by atoms with Crippen molar-refractivity contribution in [3.63, 3.8) is 0 Å². The van der Waals surface area contributed by atoms with Crippen LogP contribution < -0.4 is 5.32 Å². The molecule has 0 amide bonds. The van der Waals surface area contributed by atoms with Gasteiger partial charge in [-0.1, -0.05) is 42.5 Å². The monoisotopic (exact) mass is 333 g/mol. The molecule has 2 bridgehead atoms. The van der Waals surface area contributed by atoms with Gasteiger partial charge in [0.1, 0.15) is 5.60 Å². The van der Waals surface area contributed by atoms with Crippen molar-refractivity contribution >= 4 is 5.97 Å². The van der Waals surface area contributed by atoms with E-state index < -0.39 is 5.60 Å². The largest absolute Gasteiger partial charge is 0.451 e. The summed E-state index contributed by atoms with van der Waals surface area (Å²) in [5.41, 5.74) is 3.64. The Bertz CT molecular complexity index is 824. The highest BCUT2D eigenvalue weighted by atomic mass is 16.6. The smallest absolute Gasteiger partial charge is 0.332 e. The SMILES string of the molecule is Cc1ccccc1C#CC1=CC2CC3(CCCCCN2)OC(=O)C=C13. The fourth-order valence-corrected chi connectivity index (χ4v) is 4.08. The third-order valence-electron chi connectivity index (χ3n) is 5.40. The highest BCUT2D eigenvalue weighted by molar-refractivity contribution is 5.89. The Labute approximate surface area is 149 Å². The maximum atomic E-state index is 12.1. The van der Waals surface area contributed by atoms with Crippen molar-refractivity contribution < 1.29 is 9.53 Å². The molecular formula is C22H23NO2. The van der Waals surface area contributed by atoms with E-state index in [-0.39, 0.29) is 12.0 Å². The standard InChI is InChI=1S/C22H23NO2/c1-16-7-3-4-8-17(16)9-10-18-13-19-15-22(11-5-2-6-12-23-19)20(18)14-21(24)25-22/h3-4,7-8,13-14,19,23H,2,5-6,11-12,15H2,1H3. The number of ether oxygens (including phenoxy) is 1. The van der Waals surface area contributed by atoms with Crippen molar-refractivity contribution in [3.8, 4) is 11.8 Å². The molecule has 1 aromatic rings. The van der Waals surface area contributed by atoms with Crippen LogP contribution >= 0.6 is 0 Å². The summed E-state index contributed by atoms with van der Waals surface area (Å²) < 4.78 is 5.84. The predicted octanol–water partition coefficient (Wildman–Crippen LogP) is 3.43. The topological polar surface area (TPSA) is 38.3 Å². The molecule has 1 N–H and O–H groups in total. The van der Waals surface area contributed by atoms with Gasteiger partial charge in [-0.15, -0.1) is 0 Å². The zero-order valence-electron chi connectivity index (χ0n) is 14.6. The van der Waals surface area contributed by atoms with E-state index in [0.29, 0.717) is 0 Å². The second kappa shape index (κ2) is 6.54. The van der Waals surface area contributed by atoms with Crippen molar-refractivity contribution in [1.82, 2.24) is 5.32 Å². The van der Waals surface area contributed by atoms with Gasteiger partial charge in [0.2, 0.25) is 0 Å². The normalized spacial score (nSPS) is 28.2. The van der Waals surface area contributed by atoms with E-state index >= 15 is 0 Å². The fraction of sp³-hybridized carbons (Fsp3) is 0.409. The minimum atomic E-state index is -0.483. The summed E-state index contributed by atoms with van der Waals surface area (Å²) in [6, 6.07) is 8.34. The van der Waals surface area contributed by atoms with Gasteiger partial charge in [0.25, 0.3) is 0 Å². The molecule has 0 radical (unpaired) electrons. The highest BCUT2D eigenvalue weighted by Crippen LogP contribution is 2.44. The molecular weight excluding hydrogens is 310 g/mol. The maximum Gasteiger partial charge on any atom is 0.332 e. The molecule has 0 saturated carbocycles. The van der Waals surface area contributed by atoms with Gasteiger partial charge >= 0.3 is 5.97 Å². The number of fused-ring (bicyclic) bond motifs is 1. The molecule has 1 aromatic carbocycles. The van der Waals surface area contributed by atoms with Gasteiger partial charge in [-0.2, -0.15) is 0 Å². The van der Waals surface area contributed by atoms with Crippen LogP contribution in [0.2, 0.25) is 0 Å².